The van der Waals surface area contributed by atoms with Gasteiger partial charge in [0.25, 0.3) is 0 Å². The van der Waals surface area contributed by atoms with E-state index in [1.54, 1.807) is 36.5 Å². The molecule has 6 nitrogen and oxygen atoms in total. The van der Waals surface area contributed by atoms with Crippen LogP contribution < -0.4 is 10.2 Å². The Kier molecular flexibility index (Phi) is 5.66. The van der Waals surface area contributed by atoms with E-state index in [0.29, 0.717) is 11.8 Å². The van der Waals surface area contributed by atoms with Gasteiger partial charge in [0.05, 0.1) is 5.56 Å². The Morgan fingerprint density at radius 1 is 1.07 bits per heavy atom. The van der Waals surface area contributed by atoms with Crippen LogP contribution in [0, 0.1) is 0 Å². The van der Waals surface area contributed by atoms with E-state index < -0.39 is 5.97 Å². The zero-order valence-corrected chi connectivity index (χ0v) is 15.3. The van der Waals surface area contributed by atoms with Crippen molar-refractivity contribution in [2.45, 2.75) is 26.4 Å². The molecule has 1 heterocycles. The molecule has 0 aliphatic carbocycles. The van der Waals surface area contributed by atoms with Crippen molar-refractivity contribution in [3.63, 3.8) is 0 Å². The van der Waals surface area contributed by atoms with Gasteiger partial charge in [-0.15, -0.1) is 0 Å². The Morgan fingerprint density at radius 3 is 2.41 bits per heavy atom. The summed E-state index contributed by atoms with van der Waals surface area (Å²) in [6.07, 6.45) is 1.72. The van der Waals surface area contributed by atoms with Gasteiger partial charge in [0, 0.05) is 24.5 Å². The predicted octanol–water partition coefficient (Wildman–Crippen LogP) is 4.33. The molecule has 2 aromatic carbocycles. The fourth-order valence-electron chi connectivity index (χ4n) is 2.66. The van der Waals surface area contributed by atoms with E-state index in [-0.39, 0.29) is 11.6 Å². The molecule has 0 bridgehead atoms. The highest BCUT2D eigenvalue weighted by Gasteiger charge is 2.14. The summed E-state index contributed by atoms with van der Waals surface area (Å²) in [5.74, 6) is 0.349. The third-order valence-electron chi connectivity index (χ3n) is 4.12. The van der Waals surface area contributed by atoms with E-state index in [1.807, 2.05) is 18.2 Å². The summed E-state index contributed by atoms with van der Waals surface area (Å²) in [6, 6.07) is 18.8. The molecule has 0 fully saturated rings. The molecule has 138 valence electrons. The first-order chi connectivity index (χ1) is 13.0. The van der Waals surface area contributed by atoms with Crippen LogP contribution in [0.4, 0.5) is 17.5 Å². The summed E-state index contributed by atoms with van der Waals surface area (Å²) in [6.45, 7) is 4.93. The van der Waals surface area contributed by atoms with Crippen molar-refractivity contribution in [1.82, 2.24) is 9.97 Å². The number of hydrogen-bond acceptors (Lipinski definition) is 5. The van der Waals surface area contributed by atoms with Gasteiger partial charge in [-0.05, 0) is 49.7 Å². The average molecular weight is 362 g/mol. The van der Waals surface area contributed by atoms with Crippen LogP contribution in [0.5, 0.6) is 0 Å². The molecule has 6 heteroatoms. The molecule has 3 aromatic rings. The summed E-state index contributed by atoms with van der Waals surface area (Å²) in [4.78, 5) is 22.2. The van der Waals surface area contributed by atoms with Crippen LogP contribution in [0.2, 0.25) is 0 Å². The molecule has 27 heavy (non-hydrogen) atoms. The summed E-state index contributed by atoms with van der Waals surface area (Å²) in [5.41, 5.74) is 2.21. The van der Waals surface area contributed by atoms with Crippen molar-refractivity contribution in [2.75, 3.05) is 10.2 Å². The Morgan fingerprint density at radius 2 is 1.78 bits per heavy atom. The molecule has 0 aliphatic heterocycles. The highest BCUT2D eigenvalue weighted by molar-refractivity contribution is 5.88. The van der Waals surface area contributed by atoms with Crippen molar-refractivity contribution in [2.24, 2.45) is 0 Å². The van der Waals surface area contributed by atoms with Gasteiger partial charge >= 0.3 is 5.97 Å². The summed E-state index contributed by atoms with van der Waals surface area (Å²) < 4.78 is 0. The largest absolute Gasteiger partial charge is 0.478 e. The van der Waals surface area contributed by atoms with Gasteiger partial charge in [-0.25, -0.2) is 9.78 Å². The monoisotopic (exact) mass is 362 g/mol. The van der Waals surface area contributed by atoms with E-state index >= 15 is 0 Å². The first-order valence-corrected chi connectivity index (χ1v) is 8.77. The first kappa shape index (κ1) is 18.4. The molecule has 0 unspecified atom stereocenters. The van der Waals surface area contributed by atoms with Crippen LogP contribution in [0.15, 0.2) is 66.9 Å². The third kappa shape index (κ3) is 4.82. The number of carbonyl (C=O) groups is 1. The lowest BCUT2D eigenvalue weighted by molar-refractivity contribution is 0.0697. The molecule has 0 saturated heterocycles. The zero-order chi connectivity index (χ0) is 19.2. The predicted molar refractivity (Wildman–Crippen MR) is 106 cm³/mol. The minimum atomic E-state index is -0.945. The molecule has 3 rings (SSSR count). The molecular weight excluding hydrogens is 340 g/mol. The van der Waals surface area contributed by atoms with Crippen molar-refractivity contribution in [3.05, 3.63) is 78.0 Å². The van der Waals surface area contributed by atoms with Gasteiger partial charge in [-0.3, -0.25) is 0 Å². The highest BCUT2D eigenvalue weighted by Crippen LogP contribution is 2.20. The van der Waals surface area contributed by atoms with Gasteiger partial charge < -0.3 is 15.3 Å². The first-order valence-electron chi connectivity index (χ1n) is 8.77. The van der Waals surface area contributed by atoms with Gasteiger partial charge in [0.1, 0.15) is 5.82 Å². The number of carboxylic acids is 1. The van der Waals surface area contributed by atoms with Crippen LogP contribution in [0.25, 0.3) is 0 Å². The van der Waals surface area contributed by atoms with E-state index in [9.17, 15) is 4.79 Å². The summed E-state index contributed by atoms with van der Waals surface area (Å²) >= 11 is 0. The summed E-state index contributed by atoms with van der Waals surface area (Å²) in [7, 11) is 0. The van der Waals surface area contributed by atoms with Crippen LogP contribution in [0.1, 0.15) is 29.8 Å². The maximum absolute atomic E-state index is 11.0. The quantitative estimate of drug-likeness (QED) is 0.651. The molecule has 0 saturated carbocycles. The Hall–Kier alpha value is -3.41. The molecule has 0 atom stereocenters. The minimum absolute atomic E-state index is 0.232. The van der Waals surface area contributed by atoms with Crippen molar-refractivity contribution < 1.29 is 9.90 Å². The van der Waals surface area contributed by atoms with Gasteiger partial charge in [-0.1, -0.05) is 30.3 Å². The van der Waals surface area contributed by atoms with Gasteiger partial charge in [0.15, 0.2) is 0 Å². The number of anilines is 3. The lowest BCUT2D eigenvalue weighted by Crippen LogP contribution is -2.31. The number of aromatic nitrogens is 2. The lowest BCUT2D eigenvalue weighted by atomic mass is 10.2. The molecule has 1 aromatic heterocycles. The van der Waals surface area contributed by atoms with E-state index in [1.165, 1.54) is 5.56 Å². The number of carboxylic acid groups (broad SMARTS) is 1. The zero-order valence-electron chi connectivity index (χ0n) is 15.3. The maximum Gasteiger partial charge on any atom is 0.335 e. The molecular formula is C21H22N4O2. The normalized spacial score (nSPS) is 10.6. The number of nitrogens with zero attached hydrogens (tertiary/aromatic N) is 3. The number of benzene rings is 2. The van der Waals surface area contributed by atoms with Crippen LogP contribution in [0.3, 0.4) is 0 Å². The standard InChI is InChI=1S/C21H22N4O2/c1-15(2)25(14-16-6-4-3-5-7-16)21-22-13-12-19(24-21)23-18-10-8-17(9-11-18)20(26)27/h3-13,15H,14H2,1-2H3,(H,26,27)(H,22,23,24). The van der Waals surface area contributed by atoms with E-state index in [2.05, 4.69) is 46.2 Å². The fourth-order valence-corrected chi connectivity index (χ4v) is 2.66. The number of hydrogen-bond donors (Lipinski definition) is 2. The smallest absolute Gasteiger partial charge is 0.335 e. The van der Waals surface area contributed by atoms with Crippen molar-refractivity contribution in [3.8, 4) is 0 Å². The fraction of sp³-hybridized carbons (Fsp3) is 0.190. The van der Waals surface area contributed by atoms with Crippen LogP contribution >= 0.6 is 0 Å². The topological polar surface area (TPSA) is 78.4 Å². The number of aromatic carboxylic acids is 1. The van der Waals surface area contributed by atoms with Crippen LogP contribution in [-0.4, -0.2) is 27.1 Å². The molecule has 0 aliphatic rings. The second-order valence-corrected chi connectivity index (χ2v) is 6.46. The SMILES string of the molecule is CC(C)N(Cc1ccccc1)c1nccc(Nc2ccc(C(=O)O)cc2)n1. The Labute approximate surface area is 158 Å². The van der Waals surface area contributed by atoms with Gasteiger partial charge in [-0.2, -0.15) is 4.98 Å². The highest BCUT2D eigenvalue weighted by atomic mass is 16.4. The molecule has 0 amide bonds. The Balaban J connectivity index is 1.79. The lowest BCUT2D eigenvalue weighted by Gasteiger charge is -2.27. The molecule has 0 spiro atoms. The number of nitrogens with one attached hydrogen (secondary N) is 1. The average Bonchev–Trinajstić information content (AvgIpc) is 2.67. The minimum Gasteiger partial charge on any atom is -0.478 e. The second-order valence-electron chi connectivity index (χ2n) is 6.46. The number of rotatable bonds is 7. The van der Waals surface area contributed by atoms with Crippen LogP contribution in [-0.2, 0) is 6.54 Å². The molecule has 2 N–H and O–H groups in total. The third-order valence-corrected chi connectivity index (χ3v) is 4.12. The van der Waals surface area contributed by atoms with E-state index in [0.717, 1.165) is 12.2 Å². The van der Waals surface area contributed by atoms with Gasteiger partial charge in [0.2, 0.25) is 5.95 Å². The summed E-state index contributed by atoms with van der Waals surface area (Å²) in [5, 5.41) is 12.2. The van der Waals surface area contributed by atoms with Crippen molar-refractivity contribution in [1.29, 1.82) is 0 Å². The molecule has 0 radical (unpaired) electrons. The van der Waals surface area contributed by atoms with E-state index in [4.69, 9.17) is 5.11 Å². The second kappa shape index (κ2) is 8.31. The maximum atomic E-state index is 11.0. The Bertz CT molecular complexity index is 896. The van der Waals surface area contributed by atoms with Crippen molar-refractivity contribution >= 4 is 23.4 Å².